The molecule has 0 aromatic rings. The normalized spacial score (nSPS) is 49.3. The molecule has 5 rings (SSSR count). The van der Waals surface area contributed by atoms with E-state index in [9.17, 15) is 20.1 Å². The second-order valence-corrected chi connectivity index (χ2v) is 13.4. The van der Waals surface area contributed by atoms with Gasteiger partial charge in [-0.05, 0) is 111 Å². The topological polar surface area (TPSA) is 90.2 Å². The summed E-state index contributed by atoms with van der Waals surface area (Å²) in [5, 5.41) is 31.9. The summed E-state index contributed by atoms with van der Waals surface area (Å²) in [6, 6.07) is 0. The van der Waals surface area contributed by atoms with E-state index in [1.165, 1.54) is 25.7 Å². The van der Waals surface area contributed by atoms with Gasteiger partial charge in [0.15, 0.2) is 0 Å². The van der Waals surface area contributed by atoms with Gasteiger partial charge < -0.3 is 25.0 Å². The molecule has 4 aliphatic carbocycles. The molecule has 0 aromatic heterocycles. The predicted octanol–water partition coefficient (Wildman–Crippen LogP) is 4.60. The van der Waals surface area contributed by atoms with Crippen molar-refractivity contribution in [3.63, 3.8) is 0 Å². The van der Waals surface area contributed by atoms with E-state index in [-0.39, 0.29) is 29.1 Å². The molecule has 200 valence electrons. The largest absolute Gasteiger partial charge is 0.449 e. The highest BCUT2D eigenvalue weighted by Crippen LogP contribution is 2.69. The molecular weight excluding hydrogens is 442 g/mol. The van der Waals surface area contributed by atoms with Crippen molar-refractivity contribution in [3.8, 4) is 0 Å². The lowest BCUT2D eigenvalue weighted by molar-refractivity contribution is -0.202. The minimum atomic E-state index is -0.410. The van der Waals surface area contributed by atoms with Gasteiger partial charge in [0.05, 0.1) is 24.9 Å². The van der Waals surface area contributed by atoms with Crippen LogP contribution in [0.5, 0.6) is 0 Å². The molecule has 5 fully saturated rings. The standard InChI is InChI=1S/C29H49NO5/c1-4-21-24-16-19(31)9-12-29(24,3)23-10-13-28(2)18(7-8-22(28)25(23)26(21)33)6-5-15-35-27(34)30-14-11-20(32)17-30/h18-26,31-33H,4-17H2,1-3H3/t18-,19+,20+,21+,22-,23-,24-,25-,26+,28+,29+/m0/s1. The van der Waals surface area contributed by atoms with Crippen molar-refractivity contribution >= 4 is 6.09 Å². The first-order valence-electron chi connectivity index (χ1n) is 14.6. The Bertz CT molecular complexity index is 776. The number of fused-ring (bicyclic) bond motifs is 5. The van der Waals surface area contributed by atoms with Gasteiger partial charge in [-0.15, -0.1) is 0 Å². The van der Waals surface area contributed by atoms with Crippen molar-refractivity contribution in [3.05, 3.63) is 0 Å². The Morgan fingerprint density at radius 3 is 2.40 bits per heavy atom. The molecule has 1 aliphatic heterocycles. The maximum atomic E-state index is 12.2. The highest BCUT2D eigenvalue weighted by Gasteiger charge is 2.64. The molecule has 0 spiro atoms. The number of amides is 1. The fraction of sp³-hybridized carbons (Fsp3) is 0.966. The summed E-state index contributed by atoms with van der Waals surface area (Å²) in [5.74, 6) is 2.92. The van der Waals surface area contributed by atoms with Crippen LogP contribution in [-0.2, 0) is 4.74 Å². The van der Waals surface area contributed by atoms with E-state index in [0.717, 1.165) is 38.5 Å². The molecule has 0 unspecified atom stereocenters. The molecule has 4 saturated carbocycles. The average molecular weight is 492 g/mol. The number of β-amino-alcohol motifs (C(OH)–C–C–N with tert-alkyl or cyclic N) is 1. The first kappa shape index (κ1) is 25.8. The lowest BCUT2D eigenvalue weighted by atomic mass is 9.41. The molecule has 6 nitrogen and oxygen atoms in total. The lowest BCUT2D eigenvalue weighted by Gasteiger charge is -2.64. The molecule has 3 N–H and O–H groups in total. The van der Waals surface area contributed by atoms with E-state index >= 15 is 0 Å². The van der Waals surface area contributed by atoms with Crippen LogP contribution in [0.25, 0.3) is 0 Å². The first-order chi connectivity index (χ1) is 16.7. The van der Waals surface area contributed by atoms with E-state index in [1.807, 2.05) is 0 Å². The predicted molar refractivity (Wildman–Crippen MR) is 135 cm³/mol. The van der Waals surface area contributed by atoms with Crippen molar-refractivity contribution in [2.45, 2.75) is 110 Å². The van der Waals surface area contributed by atoms with Gasteiger partial charge >= 0.3 is 6.09 Å². The van der Waals surface area contributed by atoms with E-state index < -0.39 is 6.10 Å². The summed E-state index contributed by atoms with van der Waals surface area (Å²) in [6.45, 7) is 8.67. The Morgan fingerprint density at radius 2 is 1.69 bits per heavy atom. The molecule has 1 amide bonds. The van der Waals surface area contributed by atoms with Crippen LogP contribution in [0.4, 0.5) is 4.79 Å². The molecule has 0 aromatic carbocycles. The third kappa shape index (κ3) is 4.33. The lowest BCUT2D eigenvalue weighted by Crippen LogP contribution is -2.62. The number of aliphatic hydroxyl groups excluding tert-OH is 3. The number of likely N-dealkylation sites (tertiary alicyclic amines) is 1. The van der Waals surface area contributed by atoms with Gasteiger partial charge in [0.25, 0.3) is 0 Å². The average Bonchev–Trinajstić information content (AvgIpc) is 3.41. The summed E-state index contributed by atoms with van der Waals surface area (Å²) in [5.41, 5.74) is 0.515. The molecule has 0 radical (unpaired) electrons. The summed E-state index contributed by atoms with van der Waals surface area (Å²) in [6.07, 6.45) is 10.3. The minimum Gasteiger partial charge on any atom is -0.449 e. The zero-order chi connectivity index (χ0) is 25.0. The number of rotatable bonds is 5. The Balaban J connectivity index is 1.23. The molecular formula is C29H49NO5. The van der Waals surface area contributed by atoms with Crippen molar-refractivity contribution in [1.29, 1.82) is 0 Å². The molecule has 1 saturated heterocycles. The number of hydrogen-bond acceptors (Lipinski definition) is 5. The Kier molecular flexibility index (Phi) is 7.22. The molecule has 5 aliphatic rings. The molecule has 6 heteroatoms. The number of hydrogen-bond donors (Lipinski definition) is 3. The molecule has 1 heterocycles. The van der Waals surface area contributed by atoms with Crippen molar-refractivity contribution in [1.82, 2.24) is 4.90 Å². The van der Waals surface area contributed by atoms with Crippen LogP contribution in [0, 0.1) is 46.3 Å². The number of ether oxygens (including phenoxy) is 1. The Morgan fingerprint density at radius 1 is 0.943 bits per heavy atom. The summed E-state index contributed by atoms with van der Waals surface area (Å²) in [7, 11) is 0. The van der Waals surface area contributed by atoms with E-state index in [1.54, 1.807) is 4.90 Å². The van der Waals surface area contributed by atoms with E-state index in [2.05, 4.69) is 20.8 Å². The highest BCUT2D eigenvalue weighted by atomic mass is 16.6. The fourth-order valence-corrected chi connectivity index (χ4v) is 10.0. The van der Waals surface area contributed by atoms with Gasteiger partial charge in [0, 0.05) is 13.1 Å². The smallest absolute Gasteiger partial charge is 0.409 e. The third-order valence-electron chi connectivity index (χ3n) is 11.9. The number of nitrogens with zero attached hydrogens (tertiary/aromatic N) is 1. The molecule has 11 atom stereocenters. The van der Waals surface area contributed by atoms with Crippen LogP contribution in [0.15, 0.2) is 0 Å². The fourth-order valence-electron chi connectivity index (χ4n) is 10.0. The van der Waals surface area contributed by atoms with Gasteiger partial charge in [0.1, 0.15) is 0 Å². The maximum absolute atomic E-state index is 12.2. The van der Waals surface area contributed by atoms with Gasteiger partial charge in [-0.25, -0.2) is 4.79 Å². The highest BCUT2D eigenvalue weighted by molar-refractivity contribution is 5.67. The van der Waals surface area contributed by atoms with Crippen LogP contribution in [0.3, 0.4) is 0 Å². The van der Waals surface area contributed by atoms with E-state index in [4.69, 9.17) is 4.74 Å². The minimum absolute atomic E-state index is 0.194. The van der Waals surface area contributed by atoms with Gasteiger partial charge in [-0.2, -0.15) is 0 Å². The summed E-state index contributed by atoms with van der Waals surface area (Å²) < 4.78 is 5.53. The van der Waals surface area contributed by atoms with Crippen LogP contribution >= 0.6 is 0 Å². The van der Waals surface area contributed by atoms with Crippen molar-refractivity contribution in [2.75, 3.05) is 19.7 Å². The van der Waals surface area contributed by atoms with Gasteiger partial charge in [0.2, 0.25) is 0 Å². The second-order valence-electron chi connectivity index (χ2n) is 13.4. The summed E-state index contributed by atoms with van der Waals surface area (Å²) in [4.78, 5) is 13.9. The SMILES string of the molecule is CC[C@H]1[C@@H](O)[C@@H]2[C@H](CC[C@]3(C)[C@@H](CCCOC(=O)N4CC[C@@H](O)C4)CC[C@@H]23)[C@@]2(C)CC[C@@H](O)C[C@@H]12. The van der Waals surface area contributed by atoms with Crippen molar-refractivity contribution < 1.29 is 24.9 Å². The zero-order valence-electron chi connectivity index (χ0n) is 22.2. The number of carbonyl (C=O) groups excluding carboxylic acids is 1. The van der Waals surface area contributed by atoms with Crippen molar-refractivity contribution in [2.24, 2.45) is 46.3 Å². The van der Waals surface area contributed by atoms with Crippen LogP contribution in [0.2, 0.25) is 0 Å². The number of carbonyl (C=O) groups is 1. The Hall–Kier alpha value is -0.850. The summed E-state index contributed by atoms with van der Waals surface area (Å²) >= 11 is 0. The van der Waals surface area contributed by atoms with Crippen LogP contribution in [-0.4, -0.2) is 64.3 Å². The first-order valence-corrected chi connectivity index (χ1v) is 14.6. The second kappa shape index (κ2) is 9.79. The zero-order valence-corrected chi connectivity index (χ0v) is 22.2. The van der Waals surface area contributed by atoms with Crippen LogP contribution < -0.4 is 0 Å². The Labute approximate surface area is 211 Å². The van der Waals surface area contributed by atoms with Gasteiger partial charge in [-0.3, -0.25) is 0 Å². The molecule has 0 bridgehead atoms. The number of aliphatic hydroxyl groups is 3. The molecule has 35 heavy (non-hydrogen) atoms. The van der Waals surface area contributed by atoms with Crippen LogP contribution in [0.1, 0.15) is 91.4 Å². The quantitative estimate of drug-likeness (QED) is 0.489. The maximum Gasteiger partial charge on any atom is 0.409 e. The van der Waals surface area contributed by atoms with E-state index in [0.29, 0.717) is 61.6 Å². The van der Waals surface area contributed by atoms with Gasteiger partial charge in [-0.1, -0.05) is 27.2 Å². The third-order valence-corrected chi connectivity index (χ3v) is 11.9. The monoisotopic (exact) mass is 491 g/mol.